The fourth-order valence-electron chi connectivity index (χ4n) is 1.03. The Morgan fingerprint density at radius 1 is 1.30 bits per heavy atom. The second kappa shape index (κ2) is 2.08. The zero-order valence-electron chi connectivity index (χ0n) is 5.57. The average molecular weight is 171 g/mol. The highest BCUT2D eigenvalue weighted by Crippen LogP contribution is 2.43. The van der Waals surface area contributed by atoms with Crippen molar-refractivity contribution in [2.24, 2.45) is 0 Å². The normalized spacial score (nSPS) is 40.5. The van der Waals surface area contributed by atoms with Crippen molar-refractivity contribution >= 4 is 9.24 Å². The number of alkyl halides is 3. The second-order valence-corrected chi connectivity index (χ2v) is 3.65. The molecule has 2 unspecified atom stereocenters. The van der Waals surface area contributed by atoms with E-state index < -0.39 is 17.9 Å². The summed E-state index contributed by atoms with van der Waals surface area (Å²) in [6, 6.07) is 0. The van der Waals surface area contributed by atoms with Gasteiger partial charge in [0, 0.05) is 6.54 Å². The van der Waals surface area contributed by atoms with Crippen LogP contribution in [0.15, 0.2) is 0 Å². The lowest BCUT2D eigenvalue weighted by Crippen LogP contribution is -2.36. The first-order valence-corrected chi connectivity index (χ1v) is 3.47. The topological polar surface area (TPSA) is 3.24 Å². The van der Waals surface area contributed by atoms with Gasteiger partial charge in [0.25, 0.3) is 5.92 Å². The Kier molecular flexibility index (Phi) is 1.72. The van der Waals surface area contributed by atoms with Crippen LogP contribution < -0.4 is 0 Å². The third-order valence-electron chi connectivity index (χ3n) is 1.58. The molecule has 5 heteroatoms. The van der Waals surface area contributed by atoms with Gasteiger partial charge in [-0.15, -0.1) is 0 Å². The molecule has 0 N–H and O–H groups in total. The summed E-state index contributed by atoms with van der Waals surface area (Å²) in [6.07, 6.45) is 0. The van der Waals surface area contributed by atoms with Gasteiger partial charge < -0.3 is 0 Å². The van der Waals surface area contributed by atoms with Crippen LogP contribution >= 0.6 is 9.24 Å². The smallest absolute Gasteiger partial charge is 0.297 e. The van der Waals surface area contributed by atoms with Gasteiger partial charge in [-0.25, -0.2) is 13.2 Å². The zero-order chi connectivity index (χ0) is 7.99. The standard InChI is InChI=1S/C5H9F3NP/c1-9-2-4(6,7)5(8,10)3-9/h2-3,10H2,1H3. The quantitative estimate of drug-likeness (QED) is 0.493. The van der Waals surface area contributed by atoms with E-state index in [9.17, 15) is 13.2 Å². The van der Waals surface area contributed by atoms with Gasteiger partial charge in [0.2, 0.25) is 0 Å². The first-order chi connectivity index (χ1) is 4.35. The summed E-state index contributed by atoms with van der Waals surface area (Å²) >= 11 is 0. The molecule has 1 heterocycles. The molecular formula is C5H9F3NP. The zero-order valence-corrected chi connectivity index (χ0v) is 6.73. The molecular weight excluding hydrogens is 162 g/mol. The van der Waals surface area contributed by atoms with Crippen LogP contribution in [0, 0.1) is 0 Å². The molecule has 0 bridgehead atoms. The predicted molar refractivity (Wildman–Crippen MR) is 36.0 cm³/mol. The van der Waals surface area contributed by atoms with Crippen molar-refractivity contribution in [3.05, 3.63) is 0 Å². The minimum atomic E-state index is -3.22. The summed E-state index contributed by atoms with van der Waals surface area (Å²) in [6.45, 7) is -0.711. The van der Waals surface area contributed by atoms with Crippen LogP contribution in [-0.4, -0.2) is 36.4 Å². The number of rotatable bonds is 0. The first kappa shape index (κ1) is 8.28. The SMILES string of the molecule is CN1CC(F)(F)C(F)(P)C1. The highest BCUT2D eigenvalue weighted by molar-refractivity contribution is 7.18. The molecule has 0 aliphatic carbocycles. The molecule has 0 saturated carbocycles. The number of nitrogens with zero attached hydrogens (tertiary/aromatic N) is 1. The van der Waals surface area contributed by atoms with Gasteiger partial charge >= 0.3 is 0 Å². The van der Waals surface area contributed by atoms with E-state index in [0.29, 0.717) is 0 Å². The van der Waals surface area contributed by atoms with Crippen LogP contribution in [0.25, 0.3) is 0 Å². The third-order valence-corrected chi connectivity index (χ3v) is 2.18. The molecule has 0 aromatic rings. The molecule has 1 aliphatic rings. The van der Waals surface area contributed by atoms with Crippen LogP contribution in [0.1, 0.15) is 0 Å². The molecule has 0 radical (unpaired) electrons. The van der Waals surface area contributed by atoms with Crippen molar-refractivity contribution in [3.63, 3.8) is 0 Å². The van der Waals surface area contributed by atoms with Crippen molar-refractivity contribution in [1.29, 1.82) is 0 Å². The van der Waals surface area contributed by atoms with E-state index in [4.69, 9.17) is 0 Å². The van der Waals surface area contributed by atoms with Gasteiger partial charge in [-0.2, -0.15) is 0 Å². The Hall–Kier alpha value is 0.180. The lowest BCUT2D eigenvalue weighted by Gasteiger charge is -2.19. The summed E-state index contributed by atoms with van der Waals surface area (Å²) in [4.78, 5) is 1.27. The fraction of sp³-hybridized carbons (Fsp3) is 1.00. The maximum Gasteiger partial charge on any atom is 0.298 e. The lowest BCUT2D eigenvalue weighted by molar-refractivity contribution is -0.0556. The Labute approximate surface area is 59.8 Å². The predicted octanol–water partition coefficient (Wildman–Crippen LogP) is 1.11. The summed E-state index contributed by atoms with van der Waals surface area (Å²) in [7, 11) is 3.04. The summed E-state index contributed by atoms with van der Waals surface area (Å²) in [5, 5.41) is -2.43. The minimum absolute atomic E-state index is 0.218. The molecule has 0 aromatic carbocycles. The highest BCUT2D eigenvalue weighted by atomic mass is 31.0. The van der Waals surface area contributed by atoms with Crippen LogP contribution in [0.4, 0.5) is 13.2 Å². The summed E-state index contributed by atoms with van der Waals surface area (Å²) in [5.74, 6) is -3.22. The van der Waals surface area contributed by atoms with Crippen molar-refractivity contribution < 1.29 is 13.2 Å². The van der Waals surface area contributed by atoms with Crippen LogP contribution in [0.2, 0.25) is 0 Å². The van der Waals surface area contributed by atoms with E-state index in [1.807, 2.05) is 0 Å². The second-order valence-electron chi connectivity index (χ2n) is 2.74. The number of hydrogen-bond donors (Lipinski definition) is 0. The molecule has 0 spiro atoms. The fourth-order valence-corrected chi connectivity index (χ4v) is 1.44. The van der Waals surface area contributed by atoms with E-state index in [1.165, 1.54) is 11.9 Å². The largest absolute Gasteiger partial charge is 0.298 e. The monoisotopic (exact) mass is 171 g/mol. The Morgan fingerprint density at radius 3 is 1.90 bits per heavy atom. The lowest BCUT2D eigenvalue weighted by atomic mass is 10.2. The van der Waals surface area contributed by atoms with Crippen molar-refractivity contribution in [2.75, 3.05) is 20.1 Å². The average Bonchev–Trinajstić information content (AvgIpc) is 1.73. The molecule has 60 valence electrons. The van der Waals surface area contributed by atoms with Crippen LogP contribution in [-0.2, 0) is 0 Å². The van der Waals surface area contributed by atoms with Crippen LogP contribution in [0.5, 0.6) is 0 Å². The molecule has 0 aromatic heterocycles. The Morgan fingerprint density at radius 2 is 1.80 bits per heavy atom. The van der Waals surface area contributed by atoms with E-state index >= 15 is 0 Å². The van der Waals surface area contributed by atoms with E-state index in [0.717, 1.165) is 0 Å². The molecule has 10 heavy (non-hydrogen) atoms. The van der Waals surface area contributed by atoms with E-state index in [2.05, 4.69) is 0 Å². The number of likely N-dealkylation sites (tertiary alicyclic amines) is 1. The van der Waals surface area contributed by atoms with Crippen molar-refractivity contribution in [3.8, 4) is 0 Å². The van der Waals surface area contributed by atoms with Gasteiger partial charge in [-0.05, 0) is 7.05 Å². The minimum Gasteiger partial charge on any atom is -0.297 e. The summed E-state index contributed by atoms with van der Waals surface area (Å²) < 4.78 is 37.9. The van der Waals surface area contributed by atoms with Gasteiger partial charge in [-0.3, -0.25) is 4.90 Å². The molecule has 1 saturated heterocycles. The summed E-state index contributed by atoms with van der Waals surface area (Å²) in [5.41, 5.74) is 0. The number of halogens is 3. The Balaban J connectivity index is 2.78. The molecule has 1 rings (SSSR count). The van der Waals surface area contributed by atoms with Gasteiger partial charge in [0.1, 0.15) is 0 Å². The molecule has 1 nitrogen and oxygen atoms in total. The van der Waals surface area contributed by atoms with Crippen molar-refractivity contribution in [2.45, 2.75) is 11.3 Å². The van der Waals surface area contributed by atoms with E-state index in [1.54, 1.807) is 9.24 Å². The molecule has 1 fully saturated rings. The van der Waals surface area contributed by atoms with Gasteiger partial charge in [0.15, 0.2) is 5.41 Å². The number of hydrogen-bond acceptors (Lipinski definition) is 1. The maximum absolute atomic E-state index is 12.8. The molecule has 1 aliphatic heterocycles. The molecule has 0 amide bonds. The van der Waals surface area contributed by atoms with Crippen molar-refractivity contribution in [1.82, 2.24) is 4.90 Å². The Bertz CT molecular complexity index is 132. The van der Waals surface area contributed by atoms with Gasteiger partial charge in [0.05, 0.1) is 6.54 Å². The van der Waals surface area contributed by atoms with E-state index in [-0.39, 0.29) is 6.54 Å². The van der Waals surface area contributed by atoms with Gasteiger partial charge in [-0.1, -0.05) is 9.24 Å². The first-order valence-electron chi connectivity index (χ1n) is 2.89. The molecule has 2 atom stereocenters. The van der Waals surface area contributed by atoms with Crippen LogP contribution in [0.3, 0.4) is 0 Å². The maximum atomic E-state index is 12.8. The highest BCUT2D eigenvalue weighted by Gasteiger charge is 2.57. The third kappa shape index (κ3) is 1.15.